The van der Waals surface area contributed by atoms with Crippen LogP contribution in [0.1, 0.15) is 20.7 Å². The Morgan fingerprint density at radius 2 is 1.57 bits per heavy atom. The van der Waals surface area contributed by atoms with Gasteiger partial charge in [-0.15, -0.1) is 0 Å². The van der Waals surface area contributed by atoms with E-state index in [0.717, 1.165) is 6.47 Å². The molecule has 1 aromatic carbocycles. The number of carbonyl (C=O) groups is 2. The molecule has 69 valence electrons. The molecule has 0 aromatic heterocycles. The van der Waals surface area contributed by atoms with E-state index in [-0.39, 0.29) is 11.1 Å². The lowest BCUT2D eigenvalue weighted by atomic mass is 10.1. The van der Waals surface area contributed by atoms with E-state index in [4.69, 9.17) is 0 Å². The summed E-state index contributed by atoms with van der Waals surface area (Å²) in [6, 6.07) is 6.23. The molecular formula is C9H4NO4. The number of fused-ring (bicyclic) bond motifs is 1. The summed E-state index contributed by atoms with van der Waals surface area (Å²) in [6.07, 6.45) is 0. The molecule has 0 saturated heterocycles. The first-order valence-corrected chi connectivity index (χ1v) is 3.77. The number of hydrogen-bond donors (Lipinski definition) is 0. The van der Waals surface area contributed by atoms with Crippen molar-refractivity contribution in [2.75, 3.05) is 0 Å². The molecule has 5 nitrogen and oxygen atoms in total. The van der Waals surface area contributed by atoms with Gasteiger partial charge in [-0.2, -0.15) is 0 Å². The van der Waals surface area contributed by atoms with Gasteiger partial charge in [0.15, 0.2) is 0 Å². The first kappa shape index (κ1) is 8.43. The monoisotopic (exact) mass is 190 g/mol. The number of imide groups is 1. The Bertz CT molecular complexity index is 392. The highest BCUT2D eigenvalue weighted by Crippen LogP contribution is 2.21. The predicted octanol–water partition coefficient (Wildman–Crippen LogP) is 0.281. The average molecular weight is 190 g/mol. The number of hydrogen-bond acceptors (Lipinski definition) is 4. The van der Waals surface area contributed by atoms with Gasteiger partial charge in [0.1, 0.15) is 0 Å². The van der Waals surface area contributed by atoms with E-state index in [1.54, 1.807) is 12.1 Å². The van der Waals surface area contributed by atoms with Crippen molar-refractivity contribution in [3.63, 3.8) is 0 Å². The third kappa shape index (κ3) is 0.990. The van der Waals surface area contributed by atoms with Gasteiger partial charge < -0.3 is 4.84 Å². The number of nitrogens with zero attached hydrogens (tertiary/aromatic N) is 1. The first-order chi connectivity index (χ1) is 6.75. The molecule has 0 unspecified atom stereocenters. The smallest absolute Gasteiger partial charge is 0.318 e. The van der Waals surface area contributed by atoms with Gasteiger partial charge in [-0.1, -0.05) is 17.2 Å². The SMILES string of the molecule is O=[C]ON1C(=O)c2ccccc2C1=O. The Morgan fingerprint density at radius 1 is 1.07 bits per heavy atom. The summed E-state index contributed by atoms with van der Waals surface area (Å²) in [7, 11) is 0. The first-order valence-electron chi connectivity index (χ1n) is 3.77. The number of hydroxylamine groups is 2. The van der Waals surface area contributed by atoms with E-state index in [1.807, 2.05) is 0 Å². The van der Waals surface area contributed by atoms with E-state index >= 15 is 0 Å². The summed E-state index contributed by atoms with van der Waals surface area (Å²) < 4.78 is 0. The fraction of sp³-hybridized carbons (Fsp3) is 0. The van der Waals surface area contributed by atoms with Gasteiger partial charge in [-0.3, -0.25) is 9.59 Å². The molecule has 0 atom stereocenters. The van der Waals surface area contributed by atoms with Crippen molar-refractivity contribution in [2.45, 2.75) is 0 Å². The Labute approximate surface area is 78.8 Å². The van der Waals surface area contributed by atoms with Crippen LogP contribution in [0.2, 0.25) is 0 Å². The fourth-order valence-electron chi connectivity index (χ4n) is 1.29. The summed E-state index contributed by atoms with van der Waals surface area (Å²) in [5.41, 5.74) is 0.459. The van der Waals surface area contributed by atoms with Crippen LogP contribution in [0.5, 0.6) is 0 Å². The van der Waals surface area contributed by atoms with Gasteiger partial charge in [0.25, 0.3) is 11.8 Å². The van der Waals surface area contributed by atoms with Crippen LogP contribution in [0, 0.1) is 0 Å². The standard InChI is InChI=1S/C9H4NO4/c11-5-14-10-8(12)6-3-1-2-4-7(6)9(10)13/h1-4H. The Kier molecular flexibility index (Phi) is 1.78. The zero-order chi connectivity index (χ0) is 10.1. The van der Waals surface area contributed by atoms with Crippen molar-refractivity contribution in [2.24, 2.45) is 0 Å². The van der Waals surface area contributed by atoms with Crippen LogP contribution >= 0.6 is 0 Å². The van der Waals surface area contributed by atoms with Crippen molar-refractivity contribution in [3.8, 4) is 0 Å². The van der Waals surface area contributed by atoms with Gasteiger partial charge in [0.2, 0.25) is 0 Å². The minimum Gasteiger partial charge on any atom is -0.318 e. The van der Waals surface area contributed by atoms with Crippen LogP contribution in [-0.4, -0.2) is 23.3 Å². The predicted molar refractivity (Wildman–Crippen MR) is 43.7 cm³/mol. The van der Waals surface area contributed by atoms with E-state index in [1.165, 1.54) is 12.1 Å². The van der Waals surface area contributed by atoms with Crippen molar-refractivity contribution < 1.29 is 19.2 Å². The Balaban J connectivity index is 2.48. The molecule has 0 saturated carbocycles. The van der Waals surface area contributed by atoms with Crippen molar-refractivity contribution in [1.29, 1.82) is 0 Å². The molecule has 14 heavy (non-hydrogen) atoms. The fourth-order valence-corrected chi connectivity index (χ4v) is 1.29. The lowest BCUT2D eigenvalue weighted by molar-refractivity contribution is -0.0239. The molecule has 0 fully saturated rings. The van der Waals surface area contributed by atoms with Gasteiger partial charge in [-0.05, 0) is 12.1 Å². The molecule has 5 heteroatoms. The average Bonchev–Trinajstić information content (AvgIpc) is 2.45. The minimum atomic E-state index is -0.644. The van der Waals surface area contributed by atoms with Crippen molar-refractivity contribution in [1.82, 2.24) is 5.06 Å². The van der Waals surface area contributed by atoms with Crippen LogP contribution < -0.4 is 0 Å². The largest absolute Gasteiger partial charge is 0.444 e. The molecule has 0 aliphatic carbocycles. The van der Waals surface area contributed by atoms with Crippen LogP contribution in [0.25, 0.3) is 0 Å². The molecule has 0 bridgehead atoms. The highest BCUT2D eigenvalue weighted by atomic mass is 16.7. The topological polar surface area (TPSA) is 63.7 Å². The normalized spacial score (nSPS) is 14.1. The molecule has 1 aliphatic rings. The van der Waals surface area contributed by atoms with Crippen LogP contribution in [0.4, 0.5) is 0 Å². The lowest BCUT2D eigenvalue weighted by Crippen LogP contribution is -2.29. The maximum atomic E-state index is 11.4. The summed E-state index contributed by atoms with van der Waals surface area (Å²) in [5.74, 6) is -1.29. The highest BCUT2D eigenvalue weighted by molar-refractivity contribution is 6.20. The maximum Gasteiger partial charge on any atom is 0.444 e. The second-order valence-corrected chi connectivity index (χ2v) is 2.62. The number of rotatable bonds is 2. The second kappa shape index (κ2) is 2.95. The number of carbonyl (C=O) groups excluding carboxylic acids is 3. The van der Waals surface area contributed by atoms with Gasteiger partial charge in [0, 0.05) is 0 Å². The molecule has 2 amide bonds. The minimum absolute atomic E-state index is 0.229. The number of benzene rings is 1. The van der Waals surface area contributed by atoms with Gasteiger partial charge >= 0.3 is 6.47 Å². The quantitative estimate of drug-likeness (QED) is 0.628. The van der Waals surface area contributed by atoms with Crippen LogP contribution in [-0.2, 0) is 9.63 Å². The van der Waals surface area contributed by atoms with Crippen molar-refractivity contribution >= 4 is 18.3 Å². The summed E-state index contributed by atoms with van der Waals surface area (Å²) in [5, 5.41) is 0.387. The van der Waals surface area contributed by atoms with E-state index < -0.39 is 11.8 Å². The molecular weight excluding hydrogens is 186 g/mol. The number of amides is 2. The molecule has 0 N–H and O–H groups in total. The van der Waals surface area contributed by atoms with Crippen LogP contribution in [0.15, 0.2) is 24.3 Å². The molecule has 1 aliphatic heterocycles. The Morgan fingerprint density at radius 3 is 2.00 bits per heavy atom. The van der Waals surface area contributed by atoms with E-state index in [0.29, 0.717) is 5.06 Å². The van der Waals surface area contributed by atoms with Crippen molar-refractivity contribution in [3.05, 3.63) is 35.4 Å². The summed E-state index contributed by atoms with van der Waals surface area (Å²) in [4.78, 5) is 36.8. The molecule has 1 aromatic rings. The third-order valence-electron chi connectivity index (χ3n) is 1.89. The molecule has 1 radical (unpaired) electrons. The van der Waals surface area contributed by atoms with E-state index in [2.05, 4.69) is 4.84 Å². The Hall–Kier alpha value is -2.17. The maximum absolute atomic E-state index is 11.4. The molecule has 1 heterocycles. The summed E-state index contributed by atoms with van der Waals surface area (Å²) >= 11 is 0. The third-order valence-corrected chi connectivity index (χ3v) is 1.89. The highest BCUT2D eigenvalue weighted by Gasteiger charge is 2.37. The summed E-state index contributed by atoms with van der Waals surface area (Å²) in [6.45, 7) is 1.04. The van der Waals surface area contributed by atoms with Gasteiger partial charge in [0.05, 0.1) is 11.1 Å². The zero-order valence-electron chi connectivity index (χ0n) is 6.89. The molecule has 0 spiro atoms. The lowest BCUT2D eigenvalue weighted by Gasteiger charge is -2.06. The van der Waals surface area contributed by atoms with Gasteiger partial charge in [-0.25, -0.2) is 4.79 Å². The zero-order valence-corrected chi connectivity index (χ0v) is 6.89. The van der Waals surface area contributed by atoms with Crippen LogP contribution in [0.3, 0.4) is 0 Å². The molecule has 2 rings (SSSR count). The second-order valence-electron chi connectivity index (χ2n) is 2.62. The van der Waals surface area contributed by atoms with E-state index in [9.17, 15) is 14.4 Å².